The molecule has 0 heterocycles. The molecule has 0 aliphatic carbocycles. The van der Waals surface area contributed by atoms with Gasteiger partial charge >= 0.3 is 5.97 Å². The van der Waals surface area contributed by atoms with Crippen molar-refractivity contribution in [3.63, 3.8) is 0 Å². The average molecular weight is 460 g/mol. The van der Waals surface area contributed by atoms with Crippen LogP contribution in [0.15, 0.2) is 46.2 Å². The minimum atomic E-state index is -4.51. The molecule has 2 N–H and O–H groups in total. The molecular formula is C18H22FN3O6S2. The van der Waals surface area contributed by atoms with E-state index in [-0.39, 0.29) is 16.1 Å². The van der Waals surface area contributed by atoms with Crippen LogP contribution < -0.4 is 10.0 Å². The number of carbonyl (C=O) groups excluding carboxylic acids is 1. The number of ether oxygens (including phenoxy) is 1. The maximum absolute atomic E-state index is 14.3. The van der Waals surface area contributed by atoms with Crippen molar-refractivity contribution in [1.82, 2.24) is 4.31 Å². The minimum absolute atomic E-state index is 0.0948. The molecule has 0 atom stereocenters. The van der Waals surface area contributed by atoms with Crippen LogP contribution in [0, 0.1) is 5.82 Å². The summed E-state index contributed by atoms with van der Waals surface area (Å²) < 4.78 is 72.5. The van der Waals surface area contributed by atoms with E-state index in [4.69, 9.17) is 0 Å². The van der Waals surface area contributed by atoms with E-state index in [2.05, 4.69) is 14.8 Å². The number of nitrogens with one attached hydrogen (secondary N) is 2. The van der Waals surface area contributed by atoms with E-state index in [0.29, 0.717) is 12.2 Å². The molecule has 0 aliphatic rings. The first-order valence-electron chi connectivity index (χ1n) is 8.65. The van der Waals surface area contributed by atoms with Gasteiger partial charge in [-0.3, -0.25) is 4.72 Å². The highest BCUT2D eigenvalue weighted by molar-refractivity contribution is 7.92. The summed E-state index contributed by atoms with van der Waals surface area (Å²) in [6, 6.07) is 6.62. The zero-order valence-corrected chi connectivity index (χ0v) is 18.4. The molecule has 0 fully saturated rings. The summed E-state index contributed by atoms with van der Waals surface area (Å²) in [6.45, 7) is 2.18. The Balaban J connectivity index is 2.58. The number of hydrogen-bond acceptors (Lipinski definition) is 7. The van der Waals surface area contributed by atoms with E-state index >= 15 is 0 Å². The molecule has 0 amide bonds. The van der Waals surface area contributed by atoms with Crippen LogP contribution in [-0.2, 0) is 24.8 Å². The summed E-state index contributed by atoms with van der Waals surface area (Å²) in [5, 5.41) is 2.91. The van der Waals surface area contributed by atoms with Gasteiger partial charge in [0.25, 0.3) is 10.0 Å². The molecule has 2 aromatic carbocycles. The fourth-order valence-electron chi connectivity index (χ4n) is 2.48. The highest BCUT2D eigenvalue weighted by Crippen LogP contribution is 2.29. The number of esters is 1. The first-order chi connectivity index (χ1) is 13.9. The Morgan fingerprint density at radius 2 is 1.73 bits per heavy atom. The topological polar surface area (TPSA) is 122 Å². The normalized spacial score (nSPS) is 11.9. The highest BCUT2D eigenvalue weighted by atomic mass is 32.2. The molecule has 9 nitrogen and oxygen atoms in total. The first kappa shape index (κ1) is 23.6. The Labute approximate surface area is 174 Å². The van der Waals surface area contributed by atoms with E-state index in [9.17, 15) is 26.0 Å². The van der Waals surface area contributed by atoms with Gasteiger partial charge in [0.2, 0.25) is 10.0 Å². The lowest BCUT2D eigenvalue weighted by Gasteiger charge is -2.17. The maximum atomic E-state index is 14.3. The summed E-state index contributed by atoms with van der Waals surface area (Å²) in [6.07, 6.45) is 0. The van der Waals surface area contributed by atoms with Gasteiger partial charge in [-0.2, -0.15) is 0 Å². The summed E-state index contributed by atoms with van der Waals surface area (Å²) >= 11 is 0. The third-order valence-corrected chi connectivity index (χ3v) is 7.21. The van der Waals surface area contributed by atoms with Crippen molar-refractivity contribution in [3.8, 4) is 0 Å². The number of halogens is 1. The molecule has 0 aliphatic heterocycles. The van der Waals surface area contributed by atoms with Crippen LogP contribution in [0.3, 0.4) is 0 Å². The van der Waals surface area contributed by atoms with Crippen LogP contribution in [0.5, 0.6) is 0 Å². The predicted octanol–water partition coefficient (Wildman–Crippen LogP) is 2.10. The van der Waals surface area contributed by atoms with Crippen LogP contribution in [0.25, 0.3) is 0 Å². The smallest absolute Gasteiger partial charge is 0.337 e. The van der Waals surface area contributed by atoms with E-state index in [1.165, 1.54) is 26.2 Å². The van der Waals surface area contributed by atoms with E-state index < -0.39 is 36.7 Å². The van der Waals surface area contributed by atoms with Crippen molar-refractivity contribution in [2.45, 2.75) is 16.7 Å². The van der Waals surface area contributed by atoms with Gasteiger partial charge in [0.05, 0.1) is 28.9 Å². The second-order valence-corrected chi connectivity index (χ2v) is 10.1. The van der Waals surface area contributed by atoms with Gasteiger partial charge in [-0.1, -0.05) is 0 Å². The van der Waals surface area contributed by atoms with Gasteiger partial charge in [-0.15, -0.1) is 0 Å². The number of anilines is 2. The van der Waals surface area contributed by atoms with Crippen LogP contribution in [0.1, 0.15) is 17.3 Å². The van der Waals surface area contributed by atoms with Crippen molar-refractivity contribution in [2.75, 3.05) is 37.8 Å². The molecule has 0 unspecified atom stereocenters. The number of methoxy groups -OCH3 is 1. The fourth-order valence-corrected chi connectivity index (χ4v) is 4.58. The molecule has 30 heavy (non-hydrogen) atoms. The number of sulfonamides is 2. The Morgan fingerprint density at radius 1 is 1.07 bits per heavy atom. The molecule has 0 saturated carbocycles. The Bertz CT molecular complexity index is 1160. The molecule has 0 bridgehead atoms. The number of hydrogen-bond donors (Lipinski definition) is 2. The highest BCUT2D eigenvalue weighted by Gasteiger charge is 2.25. The fraction of sp³-hybridized carbons (Fsp3) is 0.278. The molecule has 0 saturated heterocycles. The summed E-state index contributed by atoms with van der Waals surface area (Å²) in [4.78, 5) is 10.7. The van der Waals surface area contributed by atoms with Gasteiger partial charge in [0.1, 0.15) is 10.7 Å². The van der Waals surface area contributed by atoms with E-state index in [0.717, 1.165) is 35.7 Å². The van der Waals surface area contributed by atoms with Crippen LogP contribution in [-0.4, -0.2) is 54.9 Å². The second-order valence-electron chi connectivity index (χ2n) is 6.27. The first-order valence-corrected chi connectivity index (χ1v) is 11.6. The molecule has 0 spiro atoms. The summed E-state index contributed by atoms with van der Waals surface area (Å²) in [5.41, 5.74) is 0.0427. The molecular weight excluding hydrogens is 437 g/mol. The molecule has 12 heteroatoms. The zero-order valence-electron chi connectivity index (χ0n) is 16.8. The SMILES string of the molecule is CCNc1ccc(S(=O)(=O)N(C)C)cc1NS(=O)(=O)c1cc(C(=O)OC)ccc1F. The third kappa shape index (κ3) is 4.89. The monoisotopic (exact) mass is 459 g/mol. The molecule has 2 aromatic rings. The number of rotatable bonds is 8. The van der Waals surface area contributed by atoms with Crippen molar-refractivity contribution < 1.29 is 30.8 Å². The Morgan fingerprint density at radius 3 is 2.30 bits per heavy atom. The zero-order chi connectivity index (χ0) is 22.7. The minimum Gasteiger partial charge on any atom is -0.465 e. The van der Waals surface area contributed by atoms with Crippen molar-refractivity contribution >= 4 is 37.4 Å². The van der Waals surface area contributed by atoms with Gasteiger partial charge in [0.15, 0.2) is 0 Å². The van der Waals surface area contributed by atoms with Crippen LogP contribution >= 0.6 is 0 Å². The van der Waals surface area contributed by atoms with Gasteiger partial charge in [-0.25, -0.2) is 30.3 Å². The van der Waals surface area contributed by atoms with Gasteiger partial charge in [-0.05, 0) is 43.3 Å². The quantitative estimate of drug-likeness (QED) is 0.580. The maximum Gasteiger partial charge on any atom is 0.337 e. The van der Waals surface area contributed by atoms with Gasteiger partial charge in [0, 0.05) is 20.6 Å². The van der Waals surface area contributed by atoms with Crippen molar-refractivity contribution in [1.29, 1.82) is 0 Å². The number of carbonyl (C=O) groups is 1. The lowest BCUT2D eigenvalue weighted by molar-refractivity contribution is 0.0600. The third-order valence-electron chi connectivity index (χ3n) is 4.02. The van der Waals surface area contributed by atoms with Gasteiger partial charge < -0.3 is 10.1 Å². The van der Waals surface area contributed by atoms with Crippen LogP contribution in [0.4, 0.5) is 15.8 Å². The van der Waals surface area contributed by atoms with E-state index in [1.54, 1.807) is 6.92 Å². The number of nitrogens with zero attached hydrogens (tertiary/aromatic N) is 1. The summed E-state index contributed by atoms with van der Waals surface area (Å²) in [5.74, 6) is -1.92. The standard InChI is InChI=1S/C18H22FN3O6S2/c1-5-20-15-9-7-13(30(26,27)22(2)3)11-16(15)21-29(24,25)17-10-12(18(23)28-4)6-8-14(17)19/h6-11,20-21H,5H2,1-4H3. The Kier molecular flexibility index (Phi) is 7.06. The number of benzene rings is 2. The molecule has 164 valence electrons. The second kappa shape index (κ2) is 8.98. The average Bonchev–Trinajstić information content (AvgIpc) is 2.68. The largest absolute Gasteiger partial charge is 0.465 e. The van der Waals surface area contributed by atoms with Crippen LogP contribution in [0.2, 0.25) is 0 Å². The lowest BCUT2D eigenvalue weighted by Crippen LogP contribution is -2.23. The Hall–Kier alpha value is -2.70. The van der Waals surface area contributed by atoms with Crippen molar-refractivity contribution in [2.24, 2.45) is 0 Å². The lowest BCUT2D eigenvalue weighted by atomic mass is 10.2. The van der Waals surface area contributed by atoms with Crippen molar-refractivity contribution in [3.05, 3.63) is 47.8 Å². The molecule has 0 aromatic heterocycles. The molecule has 0 radical (unpaired) electrons. The summed E-state index contributed by atoms with van der Waals surface area (Å²) in [7, 11) is -4.57. The molecule has 2 rings (SSSR count). The predicted molar refractivity (Wildman–Crippen MR) is 110 cm³/mol. The van der Waals surface area contributed by atoms with E-state index in [1.807, 2.05) is 0 Å².